The Kier molecular flexibility index (Phi) is 5.06. The highest BCUT2D eigenvalue weighted by Crippen LogP contribution is 2.28. The van der Waals surface area contributed by atoms with Crippen molar-refractivity contribution in [2.24, 2.45) is 0 Å². The molecule has 0 bridgehead atoms. The van der Waals surface area contributed by atoms with E-state index in [4.69, 9.17) is 11.6 Å². The van der Waals surface area contributed by atoms with Crippen LogP contribution < -0.4 is 0 Å². The standard InChI is InChI=1S/C15H18BrClN2/c1-11(2)19-8-7-13(18-19)9-12(10-16)14-5-3-4-6-15(14)17/h3-8,11-12H,9-10H2,1-2H3. The van der Waals surface area contributed by atoms with E-state index in [0.29, 0.717) is 12.0 Å². The molecule has 1 unspecified atom stereocenters. The van der Waals surface area contributed by atoms with E-state index in [2.05, 4.69) is 47.0 Å². The SMILES string of the molecule is CC(C)n1ccc(CC(CBr)c2ccccc2Cl)n1. The number of alkyl halides is 1. The van der Waals surface area contributed by atoms with E-state index in [-0.39, 0.29) is 0 Å². The van der Waals surface area contributed by atoms with Gasteiger partial charge >= 0.3 is 0 Å². The van der Waals surface area contributed by atoms with Crippen LogP contribution in [0, 0.1) is 0 Å². The Morgan fingerprint density at radius 1 is 1.26 bits per heavy atom. The van der Waals surface area contributed by atoms with Crippen LogP contribution in [-0.2, 0) is 6.42 Å². The minimum atomic E-state index is 0.351. The third-order valence-electron chi connectivity index (χ3n) is 3.18. The quantitative estimate of drug-likeness (QED) is 0.712. The molecule has 0 radical (unpaired) electrons. The minimum Gasteiger partial charge on any atom is -0.270 e. The van der Waals surface area contributed by atoms with Gasteiger partial charge in [0, 0.05) is 28.5 Å². The third-order valence-corrected chi connectivity index (χ3v) is 4.31. The summed E-state index contributed by atoms with van der Waals surface area (Å²) in [5, 5.41) is 6.31. The molecule has 1 atom stereocenters. The number of nitrogens with zero attached hydrogens (tertiary/aromatic N) is 2. The first-order valence-electron chi connectivity index (χ1n) is 6.46. The molecule has 2 rings (SSSR count). The van der Waals surface area contributed by atoms with Crippen molar-refractivity contribution < 1.29 is 0 Å². The molecule has 0 saturated heterocycles. The smallest absolute Gasteiger partial charge is 0.0631 e. The summed E-state index contributed by atoms with van der Waals surface area (Å²) in [7, 11) is 0. The zero-order valence-electron chi connectivity index (χ0n) is 11.2. The van der Waals surface area contributed by atoms with Gasteiger partial charge < -0.3 is 0 Å². The van der Waals surface area contributed by atoms with E-state index in [9.17, 15) is 0 Å². The van der Waals surface area contributed by atoms with E-state index >= 15 is 0 Å². The zero-order valence-corrected chi connectivity index (χ0v) is 13.5. The summed E-state index contributed by atoms with van der Waals surface area (Å²) in [6.07, 6.45) is 2.94. The molecule has 0 aliphatic carbocycles. The van der Waals surface area contributed by atoms with Crippen LogP contribution in [0.25, 0.3) is 0 Å². The van der Waals surface area contributed by atoms with Crippen LogP contribution in [0.4, 0.5) is 0 Å². The van der Waals surface area contributed by atoms with Gasteiger partial charge in [-0.1, -0.05) is 45.7 Å². The fourth-order valence-corrected chi connectivity index (χ4v) is 2.95. The highest BCUT2D eigenvalue weighted by atomic mass is 79.9. The molecular weight excluding hydrogens is 324 g/mol. The summed E-state index contributed by atoms with van der Waals surface area (Å²) in [6, 6.07) is 10.5. The Balaban J connectivity index is 2.17. The van der Waals surface area contributed by atoms with E-state index in [0.717, 1.165) is 22.5 Å². The van der Waals surface area contributed by atoms with Gasteiger partial charge in [-0.25, -0.2) is 0 Å². The predicted molar refractivity (Wildman–Crippen MR) is 84.3 cm³/mol. The van der Waals surface area contributed by atoms with E-state index < -0.39 is 0 Å². The maximum Gasteiger partial charge on any atom is 0.0631 e. The molecule has 0 saturated carbocycles. The predicted octanol–water partition coefficient (Wildman–Crippen LogP) is 4.84. The molecule has 4 heteroatoms. The third kappa shape index (κ3) is 3.61. The molecule has 0 spiro atoms. The Labute approximate surface area is 127 Å². The lowest BCUT2D eigenvalue weighted by molar-refractivity contribution is 0.524. The van der Waals surface area contributed by atoms with Crippen molar-refractivity contribution in [1.82, 2.24) is 9.78 Å². The lowest BCUT2D eigenvalue weighted by atomic mass is 9.96. The zero-order chi connectivity index (χ0) is 13.8. The second kappa shape index (κ2) is 6.58. The van der Waals surface area contributed by atoms with Crippen LogP contribution >= 0.6 is 27.5 Å². The van der Waals surface area contributed by atoms with Crippen molar-refractivity contribution in [3.63, 3.8) is 0 Å². The first-order valence-corrected chi connectivity index (χ1v) is 7.96. The summed E-state index contributed by atoms with van der Waals surface area (Å²) in [5.74, 6) is 0.351. The van der Waals surface area contributed by atoms with Crippen molar-refractivity contribution >= 4 is 27.5 Å². The molecular formula is C15H18BrClN2. The second-order valence-electron chi connectivity index (χ2n) is 4.96. The fraction of sp³-hybridized carbons (Fsp3) is 0.400. The van der Waals surface area contributed by atoms with Gasteiger partial charge in [0.15, 0.2) is 0 Å². The van der Waals surface area contributed by atoms with Crippen molar-refractivity contribution in [2.75, 3.05) is 5.33 Å². The molecule has 0 amide bonds. The maximum atomic E-state index is 6.27. The van der Waals surface area contributed by atoms with Crippen LogP contribution in [0.2, 0.25) is 5.02 Å². The first-order chi connectivity index (χ1) is 9.11. The molecule has 2 nitrogen and oxygen atoms in total. The number of aromatic nitrogens is 2. The van der Waals surface area contributed by atoms with Crippen LogP contribution in [0.3, 0.4) is 0 Å². The van der Waals surface area contributed by atoms with Crippen LogP contribution in [-0.4, -0.2) is 15.1 Å². The van der Waals surface area contributed by atoms with Gasteiger partial charge in [-0.3, -0.25) is 4.68 Å². The van der Waals surface area contributed by atoms with Gasteiger partial charge in [-0.2, -0.15) is 5.10 Å². The highest BCUT2D eigenvalue weighted by molar-refractivity contribution is 9.09. The normalized spacial score (nSPS) is 12.9. The summed E-state index contributed by atoms with van der Waals surface area (Å²) in [4.78, 5) is 0. The molecule has 1 aromatic carbocycles. The van der Waals surface area contributed by atoms with Crippen LogP contribution in [0.5, 0.6) is 0 Å². The number of benzene rings is 1. The van der Waals surface area contributed by atoms with Gasteiger partial charge in [0.05, 0.1) is 5.69 Å². The average molecular weight is 342 g/mol. The summed E-state index contributed by atoms with van der Waals surface area (Å²) >= 11 is 9.86. The fourth-order valence-electron chi connectivity index (χ4n) is 2.08. The lowest BCUT2D eigenvalue weighted by Crippen LogP contribution is -2.07. The van der Waals surface area contributed by atoms with Crippen LogP contribution in [0.15, 0.2) is 36.5 Å². The molecule has 0 aliphatic rings. The van der Waals surface area contributed by atoms with Gasteiger partial charge in [-0.05, 0) is 38.0 Å². The molecule has 0 aliphatic heterocycles. The van der Waals surface area contributed by atoms with Crippen molar-refractivity contribution in [3.8, 4) is 0 Å². The molecule has 102 valence electrons. The number of rotatable bonds is 5. The molecule has 1 aromatic heterocycles. The Hall–Kier alpha value is -0.800. The molecule has 1 heterocycles. The van der Waals surface area contributed by atoms with Gasteiger partial charge in [0.1, 0.15) is 0 Å². The first kappa shape index (κ1) is 14.6. The monoisotopic (exact) mass is 340 g/mol. The van der Waals surface area contributed by atoms with E-state index in [1.54, 1.807) is 0 Å². The van der Waals surface area contributed by atoms with Crippen molar-refractivity contribution in [2.45, 2.75) is 32.2 Å². The lowest BCUT2D eigenvalue weighted by Gasteiger charge is -2.14. The van der Waals surface area contributed by atoms with Crippen LogP contribution in [0.1, 0.15) is 37.1 Å². The molecule has 0 fully saturated rings. The molecule has 19 heavy (non-hydrogen) atoms. The van der Waals surface area contributed by atoms with Gasteiger partial charge in [0.25, 0.3) is 0 Å². The number of hydrogen-bond acceptors (Lipinski definition) is 1. The van der Waals surface area contributed by atoms with Crippen molar-refractivity contribution in [1.29, 1.82) is 0 Å². The summed E-state index contributed by atoms with van der Waals surface area (Å²) in [6.45, 7) is 4.26. The Morgan fingerprint density at radius 2 is 2.00 bits per heavy atom. The summed E-state index contributed by atoms with van der Waals surface area (Å²) < 4.78 is 1.99. The number of halogens is 2. The van der Waals surface area contributed by atoms with Crippen molar-refractivity contribution in [3.05, 3.63) is 52.8 Å². The average Bonchev–Trinajstić information content (AvgIpc) is 2.86. The summed E-state index contributed by atoms with van der Waals surface area (Å²) in [5.41, 5.74) is 2.29. The van der Waals surface area contributed by atoms with Gasteiger partial charge in [0.2, 0.25) is 0 Å². The van der Waals surface area contributed by atoms with Gasteiger partial charge in [-0.15, -0.1) is 0 Å². The highest BCUT2D eigenvalue weighted by Gasteiger charge is 2.15. The number of hydrogen-bond donors (Lipinski definition) is 0. The maximum absolute atomic E-state index is 6.27. The van der Waals surface area contributed by atoms with E-state index in [1.165, 1.54) is 5.56 Å². The largest absolute Gasteiger partial charge is 0.270 e. The topological polar surface area (TPSA) is 17.8 Å². The molecule has 0 N–H and O–H groups in total. The Morgan fingerprint density at radius 3 is 2.58 bits per heavy atom. The molecule has 2 aromatic rings. The van der Waals surface area contributed by atoms with E-state index in [1.807, 2.05) is 29.1 Å². The minimum absolute atomic E-state index is 0.351. The Bertz CT molecular complexity index is 536. The second-order valence-corrected chi connectivity index (χ2v) is 6.01.